The number of rotatable bonds is 14. The Balaban J connectivity index is 0.00000576. The van der Waals surface area contributed by atoms with E-state index in [0.29, 0.717) is 4.83 Å². The van der Waals surface area contributed by atoms with E-state index in [0.717, 1.165) is 5.75 Å². The predicted octanol–water partition coefficient (Wildman–Crippen LogP) is 8.08. The lowest BCUT2D eigenvalue weighted by Gasteiger charge is -2.31. The van der Waals surface area contributed by atoms with Crippen molar-refractivity contribution in [2.45, 2.75) is 102 Å². The zero-order valence-corrected chi connectivity index (χ0v) is 18.3. The van der Waals surface area contributed by atoms with Crippen molar-refractivity contribution in [3.05, 3.63) is 30.3 Å². The third kappa shape index (κ3) is 11.6. The first-order chi connectivity index (χ1) is 11.6. The van der Waals surface area contributed by atoms with Gasteiger partial charge in [0.2, 0.25) is 0 Å². The summed E-state index contributed by atoms with van der Waals surface area (Å²) < 4.78 is 6.16. The van der Waals surface area contributed by atoms with E-state index in [9.17, 15) is 0 Å². The molecular formula is C22H40BrNO. The van der Waals surface area contributed by atoms with E-state index >= 15 is 0 Å². The third-order valence-corrected chi connectivity index (χ3v) is 6.25. The Morgan fingerprint density at radius 1 is 0.840 bits per heavy atom. The maximum absolute atomic E-state index is 6.16. The zero-order valence-electron chi connectivity index (χ0n) is 16.7. The summed E-state index contributed by atoms with van der Waals surface area (Å²) in [5.74, 6) is 0.954. The topological polar surface area (TPSA) is 44.2 Å². The minimum atomic E-state index is -0.180. The predicted molar refractivity (Wildman–Crippen MR) is 115 cm³/mol. The maximum Gasteiger partial charge on any atom is 0.120 e. The van der Waals surface area contributed by atoms with Crippen molar-refractivity contribution in [2.24, 2.45) is 0 Å². The summed E-state index contributed by atoms with van der Waals surface area (Å²) in [5, 5.41) is 0. The summed E-state index contributed by atoms with van der Waals surface area (Å²) in [6.07, 6.45) is 15.1. The molecule has 0 heterocycles. The molecule has 2 nitrogen and oxygen atoms in total. The zero-order chi connectivity index (χ0) is 17.7. The van der Waals surface area contributed by atoms with E-state index in [4.69, 9.17) is 4.74 Å². The van der Waals surface area contributed by atoms with Crippen molar-refractivity contribution in [2.75, 3.05) is 0 Å². The lowest BCUT2D eigenvalue weighted by Crippen LogP contribution is -2.38. The highest BCUT2D eigenvalue weighted by molar-refractivity contribution is 9.09. The highest BCUT2D eigenvalue weighted by Crippen LogP contribution is 2.29. The first kappa shape index (κ1) is 24.5. The fourth-order valence-electron chi connectivity index (χ4n) is 3.01. The van der Waals surface area contributed by atoms with Crippen molar-refractivity contribution in [1.82, 2.24) is 6.15 Å². The summed E-state index contributed by atoms with van der Waals surface area (Å²) in [7, 11) is 0. The maximum atomic E-state index is 6.16. The van der Waals surface area contributed by atoms with Gasteiger partial charge in [0.15, 0.2) is 0 Å². The van der Waals surface area contributed by atoms with Crippen LogP contribution in [0.15, 0.2) is 30.3 Å². The minimum Gasteiger partial charge on any atom is -0.487 e. The largest absolute Gasteiger partial charge is 0.487 e. The van der Waals surface area contributed by atoms with E-state index in [1.165, 1.54) is 70.6 Å². The van der Waals surface area contributed by atoms with E-state index in [-0.39, 0.29) is 11.8 Å². The van der Waals surface area contributed by atoms with Gasteiger partial charge in [0.25, 0.3) is 0 Å². The number of benzene rings is 1. The number of unbranched alkanes of at least 4 members (excludes halogenated alkanes) is 9. The molecule has 0 spiro atoms. The first-order valence-corrected chi connectivity index (χ1v) is 10.9. The van der Waals surface area contributed by atoms with Crippen molar-refractivity contribution in [3.8, 4) is 5.75 Å². The van der Waals surface area contributed by atoms with Crippen LogP contribution >= 0.6 is 15.9 Å². The van der Waals surface area contributed by atoms with Crippen LogP contribution in [0.3, 0.4) is 0 Å². The molecule has 0 fully saturated rings. The monoisotopic (exact) mass is 413 g/mol. The highest BCUT2D eigenvalue weighted by Gasteiger charge is 2.29. The van der Waals surface area contributed by atoms with Crippen LogP contribution in [-0.2, 0) is 0 Å². The lowest BCUT2D eigenvalue weighted by atomic mass is 9.98. The minimum absolute atomic E-state index is 0. The summed E-state index contributed by atoms with van der Waals surface area (Å²) in [6.45, 7) is 6.63. The van der Waals surface area contributed by atoms with Gasteiger partial charge in [0.1, 0.15) is 11.4 Å². The Kier molecular flexibility index (Phi) is 14.3. The molecule has 146 valence electrons. The second kappa shape index (κ2) is 14.6. The molecule has 1 aromatic carbocycles. The molecule has 0 radical (unpaired) electrons. The fourth-order valence-corrected chi connectivity index (χ4v) is 3.43. The van der Waals surface area contributed by atoms with Gasteiger partial charge in [-0.1, -0.05) is 105 Å². The normalized spacial score (nSPS) is 12.5. The smallest absolute Gasteiger partial charge is 0.120 e. The number of hydrogen-bond donors (Lipinski definition) is 1. The molecule has 1 rings (SSSR count). The summed E-state index contributed by atoms with van der Waals surface area (Å²) in [4.78, 5) is 0.388. The quantitative estimate of drug-likeness (QED) is 0.247. The molecule has 0 bridgehead atoms. The Labute approximate surface area is 164 Å². The molecule has 0 aliphatic heterocycles. The standard InChI is InChI=1S/C22H37BrO.H3N/c1-4-5-6-7-8-9-10-11-12-16-19-21(23)22(2,3)24-20-17-14-13-15-18-20;/h13-15,17-18,21H,4-12,16,19H2,1-3H3;1H3. The average Bonchev–Trinajstić information content (AvgIpc) is 2.57. The molecule has 0 aliphatic rings. The third-order valence-electron chi connectivity index (χ3n) is 4.69. The van der Waals surface area contributed by atoms with E-state index in [1.807, 2.05) is 30.3 Å². The average molecular weight is 414 g/mol. The molecule has 0 amide bonds. The van der Waals surface area contributed by atoms with Gasteiger partial charge in [0.05, 0.1) is 4.83 Å². The van der Waals surface area contributed by atoms with Gasteiger partial charge in [0, 0.05) is 0 Å². The second-order valence-corrected chi connectivity index (χ2v) is 8.56. The molecule has 0 aromatic heterocycles. The van der Waals surface area contributed by atoms with Gasteiger partial charge in [-0.3, -0.25) is 0 Å². The number of halogens is 1. The molecular weight excluding hydrogens is 374 g/mol. The molecule has 25 heavy (non-hydrogen) atoms. The molecule has 0 saturated carbocycles. The Bertz CT molecular complexity index is 408. The SMILES string of the molecule is CCCCCCCCCCCCC(Br)C(C)(C)Oc1ccccc1.N. The molecule has 3 N–H and O–H groups in total. The number of hydrogen-bond acceptors (Lipinski definition) is 2. The molecule has 1 atom stereocenters. The molecule has 1 aromatic rings. The van der Waals surface area contributed by atoms with Crippen LogP contribution in [0.1, 0.15) is 91.4 Å². The van der Waals surface area contributed by atoms with Crippen LogP contribution < -0.4 is 10.9 Å². The first-order valence-electron chi connectivity index (χ1n) is 9.94. The van der Waals surface area contributed by atoms with E-state index < -0.39 is 0 Å². The summed E-state index contributed by atoms with van der Waals surface area (Å²) >= 11 is 3.85. The Hall–Kier alpha value is -0.540. The van der Waals surface area contributed by atoms with Crippen molar-refractivity contribution < 1.29 is 4.74 Å². The number of alkyl halides is 1. The molecule has 3 heteroatoms. The molecule has 0 aliphatic carbocycles. The summed E-state index contributed by atoms with van der Waals surface area (Å²) in [6, 6.07) is 10.1. The van der Waals surface area contributed by atoms with Crippen LogP contribution in [0.5, 0.6) is 5.75 Å². The molecule has 1 unspecified atom stereocenters. The fraction of sp³-hybridized carbons (Fsp3) is 0.727. The van der Waals surface area contributed by atoms with Gasteiger partial charge >= 0.3 is 0 Å². The molecule has 0 saturated heterocycles. The van der Waals surface area contributed by atoms with Gasteiger partial charge in [-0.25, -0.2) is 0 Å². The lowest BCUT2D eigenvalue weighted by molar-refractivity contribution is 0.105. The highest BCUT2D eigenvalue weighted by atomic mass is 79.9. The van der Waals surface area contributed by atoms with Gasteiger partial charge in [-0.15, -0.1) is 0 Å². The van der Waals surface area contributed by atoms with Gasteiger partial charge < -0.3 is 10.9 Å². The Morgan fingerprint density at radius 2 is 1.32 bits per heavy atom. The van der Waals surface area contributed by atoms with E-state index in [1.54, 1.807) is 0 Å². The van der Waals surface area contributed by atoms with Gasteiger partial charge in [-0.05, 0) is 32.4 Å². The van der Waals surface area contributed by atoms with Crippen molar-refractivity contribution in [3.63, 3.8) is 0 Å². The van der Waals surface area contributed by atoms with Crippen LogP contribution in [0, 0.1) is 0 Å². The number of ether oxygens (including phenoxy) is 1. The van der Waals surface area contributed by atoms with Crippen LogP contribution in [-0.4, -0.2) is 10.4 Å². The van der Waals surface area contributed by atoms with E-state index in [2.05, 4.69) is 36.7 Å². The van der Waals surface area contributed by atoms with Crippen LogP contribution in [0.4, 0.5) is 0 Å². The van der Waals surface area contributed by atoms with Crippen molar-refractivity contribution >= 4 is 15.9 Å². The summed E-state index contributed by atoms with van der Waals surface area (Å²) in [5.41, 5.74) is -0.180. The van der Waals surface area contributed by atoms with Crippen LogP contribution in [0.25, 0.3) is 0 Å². The van der Waals surface area contributed by atoms with Gasteiger partial charge in [-0.2, -0.15) is 0 Å². The van der Waals surface area contributed by atoms with Crippen molar-refractivity contribution in [1.29, 1.82) is 0 Å². The number of para-hydroxylation sites is 1. The Morgan fingerprint density at radius 3 is 1.84 bits per heavy atom. The second-order valence-electron chi connectivity index (χ2n) is 7.46. The van der Waals surface area contributed by atoms with Crippen LogP contribution in [0.2, 0.25) is 0 Å².